The van der Waals surface area contributed by atoms with Crippen molar-refractivity contribution in [3.8, 4) is 11.5 Å². The van der Waals surface area contributed by atoms with Gasteiger partial charge in [-0.1, -0.05) is 15.9 Å². The lowest BCUT2D eigenvalue weighted by Gasteiger charge is -2.10. The zero-order valence-corrected chi connectivity index (χ0v) is 11.9. The summed E-state index contributed by atoms with van der Waals surface area (Å²) in [5.41, 5.74) is 0.906. The van der Waals surface area contributed by atoms with Crippen molar-refractivity contribution in [2.75, 3.05) is 13.1 Å². The molecule has 2 heterocycles. The molecule has 1 atom stereocenters. The zero-order valence-electron chi connectivity index (χ0n) is 10.3. The number of aromatic nitrogens is 2. The molecule has 1 saturated heterocycles. The van der Waals surface area contributed by atoms with E-state index in [1.807, 2.05) is 24.3 Å². The van der Waals surface area contributed by atoms with Crippen molar-refractivity contribution < 1.29 is 9.52 Å². The lowest BCUT2D eigenvalue weighted by Crippen LogP contribution is -2.21. The van der Waals surface area contributed by atoms with E-state index < -0.39 is 0 Å². The number of hydrogen-bond acceptors (Lipinski definition) is 5. The number of likely N-dealkylation sites (tertiary alicyclic amines) is 1. The SMILES string of the molecule is O[C@@H]1CCN(Cc2nnc(-c3ccc(Br)cc3)o2)C1. The molecule has 0 aliphatic carbocycles. The largest absolute Gasteiger partial charge is 0.419 e. The van der Waals surface area contributed by atoms with Crippen LogP contribution in [0.15, 0.2) is 33.2 Å². The Kier molecular flexibility index (Phi) is 3.63. The van der Waals surface area contributed by atoms with Gasteiger partial charge in [-0.25, -0.2) is 0 Å². The van der Waals surface area contributed by atoms with Gasteiger partial charge in [-0.3, -0.25) is 4.90 Å². The molecule has 0 spiro atoms. The van der Waals surface area contributed by atoms with Crippen molar-refractivity contribution in [3.63, 3.8) is 0 Å². The van der Waals surface area contributed by atoms with Crippen LogP contribution in [0.1, 0.15) is 12.3 Å². The summed E-state index contributed by atoms with van der Waals surface area (Å²) >= 11 is 3.39. The van der Waals surface area contributed by atoms with Gasteiger partial charge in [0.05, 0.1) is 12.6 Å². The van der Waals surface area contributed by atoms with E-state index in [0.717, 1.165) is 23.0 Å². The molecule has 19 heavy (non-hydrogen) atoms. The van der Waals surface area contributed by atoms with Gasteiger partial charge in [-0.2, -0.15) is 0 Å². The Balaban J connectivity index is 1.71. The number of benzene rings is 1. The lowest BCUT2D eigenvalue weighted by atomic mass is 10.2. The second-order valence-electron chi connectivity index (χ2n) is 4.69. The molecule has 0 radical (unpaired) electrons. The van der Waals surface area contributed by atoms with Crippen LogP contribution in [0.4, 0.5) is 0 Å². The molecule has 0 amide bonds. The first-order chi connectivity index (χ1) is 9.20. The summed E-state index contributed by atoms with van der Waals surface area (Å²) in [5.74, 6) is 1.12. The Hall–Kier alpha value is -1.24. The minimum atomic E-state index is -0.228. The summed E-state index contributed by atoms with van der Waals surface area (Å²) in [6.07, 6.45) is 0.585. The molecule has 6 heteroatoms. The van der Waals surface area contributed by atoms with Crippen LogP contribution in [0.25, 0.3) is 11.5 Å². The maximum atomic E-state index is 9.47. The van der Waals surface area contributed by atoms with Gasteiger partial charge in [0.1, 0.15) is 0 Å². The summed E-state index contributed by atoms with van der Waals surface area (Å²) in [4.78, 5) is 2.11. The monoisotopic (exact) mass is 323 g/mol. The van der Waals surface area contributed by atoms with Crippen LogP contribution in [0, 0.1) is 0 Å². The van der Waals surface area contributed by atoms with Crippen molar-refractivity contribution in [2.45, 2.75) is 19.1 Å². The second-order valence-corrected chi connectivity index (χ2v) is 5.60. The average molecular weight is 324 g/mol. The maximum absolute atomic E-state index is 9.47. The van der Waals surface area contributed by atoms with E-state index in [0.29, 0.717) is 24.9 Å². The molecule has 1 aromatic carbocycles. The van der Waals surface area contributed by atoms with Crippen molar-refractivity contribution >= 4 is 15.9 Å². The Labute approximate surface area is 119 Å². The maximum Gasteiger partial charge on any atom is 0.247 e. The third-order valence-corrected chi connectivity index (χ3v) is 3.69. The van der Waals surface area contributed by atoms with Crippen LogP contribution in [0.2, 0.25) is 0 Å². The van der Waals surface area contributed by atoms with E-state index in [1.54, 1.807) is 0 Å². The van der Waals surface area contributed by atoms with Crippen molar-refractivity contribution in [1.82, 2.24) is 15.1 Å². The molecule has 100 valence electrons. The summed E-state index contributed by atoms with van der Waals surface area (Å²) in [7, 11) is 0. The second kappa shape index (κ2) is 5.40. The Morgan fingerprint density at radius 1 is 1.32 bits per heavy atom. The fraction of sp³-hybridized carbons (Fsp3) is 0.385. The molecule has 0 bridgehead atoms. The number of β-amino-alcohol motifs (C(OH)–C–C–N with tert-alkyl or cyclic N) is 1. The van der Waals surface area contributed by atoms with E-state index in [1.165, 1.54) is 0 Å². The number of hydrogen-bond donors (Lipinski definition) is 1. The van der Waals surface area contributed by atoms with Crippen LogP contribution >= 0.6 is 15.9 Å². The minimum Gasteiger partial charge on any atom is -0.419 e. The fourth-order valence-electron chi connectivity index (χ4n) is 2.17. The van der Waals surface area contributed by atoms with E-state index in [4.69, 9.17) is 4.42 Å². The third-order valence-electron chi connectivity index (χ3n) is 3.16. The highest BCUT2D eigenvalue weighted by molar-refractivity contribution is 9.10. The van der Waals surface area contributed by atoms with Crippen LogP contribution in [0.3, 0.4) is 0 Å². The van der Waals surface area contributed by atoms with Crippen LogP contribution in [0.5, 0.6) is 0 Å². The highest BCUT2D eigenvalue weighted by Gasteiger charge is 2.22. The van der Waals surface area contributed by atoms with Gasteiger partial charge in [0.2, 0.25) is 11.8 Å². The molecule has 3 rings (SSSR count). The van der Waals surface area contributed by atoms with E-state index >= 15 is 0 Å². The first kappa shape index (κ1) is 12.8. The smallest absolute Gasteiger partial charge is 0.247 e. The molecule has 0 unspecified atom stereocenters. The average Bonchev–Trinajstić information content (AvgIpc) is 3.00. The summed E-state index contributed by atoms with van der Waals surface area (Å²) < 4.78 is 6.66. The molecule has 1 aromatic heterocycles. The zero-order chi connectivity index (χ0) is 13.2. The topological polar surface area (TPSA) is 62.4 Å². The number of halogens is 1. The standard InChI is InChI=1S/C13H14BrN3O2/c14-10-3-1-9(2-4-10)13-16-15-12(19-13)8-17-6-5-11(18)7-17/h1-4,11,18H,5-8H2/t11-/m1/s1. The number of aliphatic hydroxyl groups is 1. The normalized spacial score (nSPS) is 20.0. The highest BCUT2D eigenvalue weighted by atomic mass is 79.9. The third kappa shape index (κ3) is 3.02. The number of aliphatic hydroxyl groups excluding tert-OH is 1. The summed E-state index contributed by atoms with van der Waals surface area (Å²) in [6, 6.07) is 7.74. The van der Waals surface area contributed by atoms with Gasteiger partial charge in [0, 0.05) is 23.1 Å². The van der Waals surface area contributed by atoms with Crippen molar-refractivity contribution in [2.24, 2.45) is 0 Å². The van der Waals surface area contributed by atoms with E-state index in [9.17, 15) is 5.11 Å². The van der Waals surface area contributed by atoms with Gasteiger partial charge < -0.3 is 9.52 Å². The first-order valence-electron chi connectivity index (χ1n) is 6.19. The molecule has 1 aliphatic heterocycles. The summed E-state index contributed by atoms with van der Waals surface area (Å²) in [5, 5.41) is 17.6. The van der Waals surface area contributed by atoms with Crippen molar-refractivity contribution in [1.29, 1.82) is 0 Å². The molecule has 1 aliphatic rings. The number of rotatable bonds is 3. The molecule has 1 N–H and O–H groups in total. The minimum absolute atomic E-state index is 0.228. The van der Waals surface area contributed by atoms with Crippen LogP contribution in [-0.4, -0.2) is 39.4 Å². The molecule has 0 saturated carbocycles. The van der Waals surface area contributed by atoms with E-state index in [-0.39, 0.29) is 6.10 Å². The van der Waals surface area contributed by atoms with Gasteiger partial charge in [0.15, 0.2) is 0 Å². The first-order valence-corrected chi connectivity index (χ1v) is 6.99. The quantitative estimate of drug-likeness (QED) is 0.936. The Morgan fingerprint density at radius 3 is 2.79 bits per heavy atom. The van der Waals surface area contributed by atoms with Gasteiger partial charge in [-0.05, 0) is 30.7 Å². The van der Waals surface area contributed by atoms with Crippen LogP contribution in [-0.2, 0) is 6.54 Å². The van der Waals surface area contributed by atoms with Crippen LogP contribution < -0.4 is 0 Å². The molecule has 1 fully saturated rings. The molecule has 2 aromatic rings. The van der Waals surface area contributed by atoms with Gasteiger partial charge in [0.25, 0.3) is 0 Å². The summed E-state index contributed by atoms with van der Waals surface area (Å²) in [6.45, 7) is 2.15. The molecule has 5 nitrogen and oxygen atoms in total. The Bertz CT molecular complexity index is 555. The van der Waals surface area contributed by atoms with E-state index in [2.05, 4.69) is 31.0 Å². The van der Waals surface area contributed by atoms with Gasteiger partial charge in [-0.15, -0.1) is 10.2 Å². The number of nitrogens with zero attached hydrogens (tertiary/aromatic N) is 3. The highest BCUT2D eigenvalue weighted by Crippen LogP contribution is 2.21. The van der Waals surface area contributed by atoms with Crippen molar-refractivity contribution in [3.05, 3.63) is 34.6 Å². The predicted molar refractivity (Wildman–Crippen MR) is 73.3 cm³/mol. The molecular formula is C13H14BrN3O2. The van der Waals surface area contributed by atoms with Gasteiger partial charge >= 0.3 is 0 Å². The lowest BCUT2D eigenvalue weighted by molar-refractivity contribution is 0.171. The Morgan fingerprint density at radius 2 is 2.11 bits per heavy atom. The predicted octanol–water partition coefficient (Wildman–Crippen LogP) is 2.07. The fourth-order valence-corrected chi connectivity index (χ4v) is 2.44. The molecular weight excluding hydrogens is 310 g/mol.